The van der Waals surface area contributed by atoms with E-state index in [1.807, 2.05) is 0 Å². The third kappa shape index (κ3) is 9.98. The van der Waals surface area contributed by atoms with E-state index >= 15 is 0 Å². The van der Waals surface area contributed by atoms with Gasteiger partial charge in [0.25, 0.3) is 0 Å². The molecule has 0 aromatic heterocycles. The van der Waals surface area contributed by atoms with E-state index in [-0.39, 0.29) is 13.2 Å². The van der Waals surface area contributed by atoms with Crippen LogP contribution in [-0.2, 0) is 13.9 Å². The summed E-state index contributed by atoms with van der Waals surface area (Å²) in [6.45, 7) is 1.04. The normalized spacial score (nSPS) is 12.0. The van der Waals surface area contributed by atoms with E-state index in [1.165, 1.54) is 0 Å². The molecule has 0 aromatic rings. The summed E-state index contributed by atoms with van der Waals surface area (Å²) in [6.07, 6.45) is 0. The SMILES string of the molecule is COCCOCCO[Si](O)(O)O. The Bertz CT molecular complexity index is 103. The van der Waals surface area contributed by atoms with E-state index in [0.717, 1.165) is 0 Å². The summed E-state index contributed by atoms with van der Waals surface area (Å²) in [4.78, 5) is 25.1. The van der Waals surface area contributed by atoms with Gasteiger partial charge in [0.2, 0.25) is 0 Å². The topological polar surface area (TPSA) is 88.4 Å². The third-order valence-corrected chi connectivity index (χ3v) is 1.55. The largest absolute Gasteiger partial charge is 0.671 e. The first-order valence-electron chi connectivity index (χ1n) is 3.44. The average molecular weight is 198 g/mol. The molecule has 0 atom stereocenters. The third-order valence-electron chi connectivity index (χ3n) is 0.955. The summed E-state index contributed by atoms with van der Waals surface area (Å²) in [6, 6.07) is 0. The fourth-order valence-electron chi connectivity index (χ4n) is 0.482. The number of hydrogen-bond donors (Lipinski definition) is 3. The number of rotatable bonds is 7. The minimum Gasteiger partial charge on any atom is -0.382 e. The van der Waals surface area contributed by atoms with E-state index in [4.69, 9.17) is 19.1 Å². The Kier molecular flexibility index (Phi) is 6.48. The van der Waals surface area contributed by atoms with Crippen LogP contribution in [0, 0.1) is 0 Å². The first kappa shape index (κ1) is 12.0. The highest BCUT2D eigenvalue weighted by molar-refractivity contribution is 6.48. The molecule has 7 heteroatoms. The molecule has 0 radical (unpaired) electrons. The molecule has 0 unspecified atom stereocenters. The number of methoxy groups -OCH3 is 1. The molecule has 0 fully saturated rings. The second-order valence-electron chi connectivity index (χ2n) is 2.03. The molecular formula is C5H14O6Si. The zero-order valence-corrected chi connectivity index (χ0v) is 7.89. The predicted molar refractivity (Wildman–Crippen MR) is 41.1 cm³/mol. The summed E-state index contributed by atoms with van der Waals surface area (Å²) in [5.41, 5.74) is 0. The van der Waals surface area contributed by atoms with Crippen molar-refractivity contribution in [1.29, 1.82) is 0 Å². The molecule has 3 N–H and O–H groups in total. The van der Waals surface area contributed by atoms with Crippen LogP contribution >= 0.6 is 0 Å². The van der Waals surface area contributed by atoms with Gasteiger partial charge >= 0.3 is 9.05 Å². The van der Waals surface area contributed by atoms with Crippen molar-refractivity contribution in [2.45, 2.75) is 0 Å². The summed E-state index contributed by atoms with van der Waals surface area (Å²) < 4.78 is 13.8. The Morgan fingerprint density at radius 1 is 1.00 bits per heavy atom. The maximum absolute atomic E-state index is 8.37. The van der Waals surface area contributed by atoms with Gasteiger partial charge in [-0.1, -0.05) is 0 Å². The Balaban J connectivity index is 3.01. The molecule has 0 aliphatic carbocycles. The molecule has 0 rings (SSSR count). The molecule has 0 aliphatic heterocycles. The van der Waals surface area contributed by atoms with Crippen molar-refractivity contribution in [3.8, 4) is 0 Å². The van der Waals surface area contributed by atoms with Gasteiger partial charge in [-0.2, -0.15) is 0 Å². The van der Waals surface area contributed by atoms with Gasteiger partial charge in [0, 0.05) is 7.11 Å². The predicted octanol–water partition coefficient (Wildman–Crippen LogP) is -1.92. The molecule has 12 heavy (non-hydrogen) atoms. The van der Waals surface area contributed by atoms with Crippen molar-refractivity contribution in [1.82, 2.24) is 0 Å². The zero-order valence-electron chi connectivity index (χ0n) is 6.89. The van der Waals surface area contributed by atoms with Crippen molar-refractivity contribution in [3.63, 3.8) is 0 Å². The van der Waals surface area contributed by atoms with Crippen molar-refractivity contribution >= 4 is 9.05 Å². The van der Waals surface area contributed by atoms with Crippen LogP contribution in [0.4, 0.5) is 0 Å². The molecule has 0 saturated carbocycles. The highest BCUT2D eigenvalue weighted by atomic mass is 28.4. The summed E-state index contributed by atoms with van der Waals surface area (Å²) >= 11 is 0. The van der Waals surface area contributed by atoms with E-state index in [1.54, 1.807) is 7.11 Å². The van der Waals surface area contributed by atoms with Gasteiger partial charge in [-0.15, -0.1) is 0 Å². The summed E-state index contributed by atoms with van der Waals surface area (Å²) in [7, 11) is -2.79. The van der Waals surface area contributed by atoms with Crippen LogP contribution in [-0.4, -0.2) is 57.0 Å². The Labute approximate surface area is 71.8 Å². The highest BCUT2D eigenvalue weighted by Crippen LogP contribution is 1.88. The molecule has 0 aliphatic rings. The average Bonchev–Trinajstić information content (AvgIpc) is 1.94. The molecule has 0 spiro atoms. The van der Waals surface area contributed by atoms with Crippen molar-refractivity contribution < 1.29 is 28.3 Å². The van der Waals surface area contributed by atoms with Crippen molar-refractivity contribution in [3.05, 3.63) is 0 Å². The van der Waals surface area contributed by atoms with E-state index in [2.05, 4.69) is 9.16 Å². The molecule has 0 saturated heterocycles. The molecular weight excluding hydrogens is 184 g/mol. The lowest BCUT2D eigenvalue weighted by molar-refractivity contribution is 0.0144. The van der Waals surface area contributed by atoms with E-state index in [9.17, 15) is 0 Å². The molecule has 6 nitrogen and oxygen atoms in total. The quantitative estimate of drug-likeness (QED) is 0.326. The smallest absolute Gasteiger partial charge is 0.382 e. The van der Waals surface area contributed by atoms with Crippen molar-refractivity contribution in [2.75, 3.05) is 33.5 Å². The Morgan fingerprint density at radius 2 is 1.58 bits per heavy atom. The molecule has 0 bridgehead atoms. The van der Waals surface area contributed by atoms with Crippen LogP contribution in [0.1, 0.15) is 0 Å². The fraction of sp³-hybridized carbons (Fsp3) is 1.00. The van der Waals surface area contributed by atoms with Gasteiger partial charge in [-0.25, -0.2) is 0 Å². The minimum atomic E-state index is -4.34. The van der Waals surface area contributed by atoms with E-state index < -0.39 is 9.05 Å². The standard InChI is InChI=1S/C5H14O6Si/c1-9-2-3-10-4-5-11-12(6,7)8/h6-8H,2-5H2,1H3. The highest BCUT2D eigenvalue weighted by Gasteiger charge is 2.29. The second-order valence-corrected chi connectivity index (χ2v) is 3.46. The van der Waals surface area contributed by atoms with Crippen LogP contribution in [0.5, 0.6) is 0 Å². The van der Waals surface area contributed by atoms with Gasteiger partial charge in [0.05, 0.1) is 26.4 Å². The van der Waals surface area contributed by atoms with Gasteiger partial charge < -0.3 is 28.3 Å². The van der Waals surface area contributed by atoms with Gasteiger partial charge in [-0.05, 0) is 0 Å². The molecule has 74 valence electrons. The molecule has 0 heterocycles. The van der Waals surface area contributed by atoms with E-state index in [0.29, 0.717) is 13.2 Å². The Hall–Kier alpha value is -0.0231. The lowest BCUT2D eigenvalue weighted by Crippen LogP contribution is -2.39. The van der Waals surface area contributed by atoms with Gasteiger partial charge in [0.1, 0.15) is 0 Å². The molecule has 0 amide bonds. The summed E-state index contributed by atoms with van der Waals surface area (Å²) in [5, 5.41) is 0. The lowest BCUT2D eigenvalue weighted by atomic mass is 10.7. The zero-order chi connectivity index (χ0) is 9.45. The Morgan fingerprint density at radius 3 is 2.08 bits per heavy atom. The van der Waals surface area contributed by atoms with Crippen molar-refractivity contribution in [2.24, 2.45) is 0 Å². The maximum Gasteiger partial charge on any atom is 0.671 e. The minimum absolute atomic E-state index is 0.0422. The van der Waals surface area contributed by atoms with Crippen LogP contribution < -0.4 is 0 Å². The van der Waals surface area contributed by atoms with Gasteiger partial charge in [0.15, 0.2) is 0 Å². The summed E-state index contributed by atoms with van der Waals surface area (Å²) in [5.74, 6) is 0. The van der Waals surface area contributed by atoms with Gasteiger partial charge in [-0.3, -0.25) is 0 Å². The number of hydrogen-bond acceptors (Lipinski definition) is 6. The monoisotopic (exact) mass is 198 g/mol. The number of ether oxygens (including phenoxy) is 2. The first-order chi connectivity index (χ1) is 5.56. The first-order valence-corrected chi connectivity index (χ1v) is 5.19. The molecule has 0 aromatic carbocycles. The second kappa shape index (κ2) is 6.49. The lowest BCUT2D eigenvalue weighted by Gasteiger charge is -2.09. The van der Waals surface area contributed by atoms with Crippen LogP contribution in [0.3, 0.4) is 0 Å². The van der Waals surface area contributed by atoms with Crippen LogP contribution in [0.2, 0.25) is 0 Å². The van der Waals surface area contributed by atoms with Crippen LogP contribution in [0.15, 0.2) is 0 Å². The fourth-order valence-corrected chi connectivity index (χ4v) is 0.839. The maximum atomic E-state index is 8.37. The van der Waals surface area contributed by atoms with Crippen LogP contribution in [0.25, 0.3) is 0 Å².